The molecule has 0 amide bonds. The third-order valence-electron chi connectivity index (χ3n) is 3.85. The van der Waals surface area contributed by atoms with Crippen molar-refractivity contribution in [2.45, 2.75) is 26.4 Å². The number of hydrogen-bond acceptors (Lipinski definition) is 5. The van der Waals surface area contributed by atoms with Crippen LogP contribution in [0.2, 0.25) is 10.0 Å². The standard InChI is InChI=1S/C21H23Cl2NO5/c1-3-27-20(21(25)26)11-14-5-8-16(9-6-14)28-13-19(24-29-4-2)17-10-7-15(22)12-18(17)23/h5-10,12-13,20,24H,3-4,11H2,1-2H3,(H,25,26). The number of carbonyl (C=O) groups is 1. The van der Waals surface area contributed by atoms with Gasteiger partial charge in [-0.1, -0.05) is 35.3 Å². The lowest BCUT2D eigenvalue weighted by atomic mass is 10.1. The Kier molecular flexibility index (Phi) is 9.28. The highest BCUT2D eigenvalue weighted by Gasteiger charge is 2.17. The van der Waals surface area contributed by atoms with Gasteiger partial charge in [0.05, 0.1) is 11.6 Å². The van der Waals surface area contributed by atoms with Crippen LogP contribution in [0.1, 0.15) is 25.0 Å². The summed E-state index contributed by atoms with van der Waals surface area (Å²) in [5.41, 5.74) is 4.83. The molecule has 2 aromatic rings. The van der Waals surface area contributed by atoms with Crippen LogP contribution in [0.4, 0.5) is 0 Å². The fourth-order valence-electron chi connectivity index (χ4n) is 2.46. The van der Waals surface area contributed by atoms with Gasteiger partial charge >= 0.3 is 5.97 Å². The van der Waals surface area contributed by atoms with Crippen LogP contribution < -0.4 is 10.2 Å². The lowest BCUT2D eigenvalue weighted by molar-refractivity contribution is -0.149. The Bertz CT molecular complexity index is 839. The van der Waals surface area contributed by atoms with E-state index in [0.29, 0.717) is 40.3 Å². The quantitative estimate of drug-likeness (QED) is 0.381. The Morgan fingerprint density at radius 3 is 2.45 bits per heavy atom. The summed E-state index contributed by atoms with van der Waals surface area (Å²) in [5, 5.41) is 10.2. The first-order valence-electron chi connectivity index (χ1n) is 9.08. The number of carboxylic acids is 1. The maximum atomic E-state index is 11.2. The van der Waals surface area contributed by atoms with Crippen molar-refractivity contribution in [2.24, 2.45) is 0 Å². The van der Waals surface area contributed by atoms with E-state index < -0.39 is 12.1 Å². The molecule has 2 aromatic carbocycles. The average molecular weight is 440 g/mol. The Labute approximate surface area is 179 Å². The first kappa shape index (κ1) is 23.0. The number of nitrogens with one attached hydrogen (secondary N) is 1. The van der Waals surface area contributed by atoms with Gasteiger partial charge in [0, 0.05) is 23.6 Å². The zero-order valence-electron chi connectivity index (χ0n) is 16.2. The number of aliphatic carboxylic acids is 1. The van der Waals surface area contributed by atoms with Gasteiger partial charge in [-0.2, -0.15) is 0 Å². The Hall–Kier alpha value is -2.25. The smallest absolute Gasteiger partial charge is 0.333 e. The maximum absolute atomic E-state index is 11.2. The predicted molar refractivity (Wildman–Crippen MR) is 113 cm³/mol. The Balaban J connectivity index is 2.13. The molecule has 0 aliphatic carbocycles. The number of benzene rings is 2. The van der Waals surface area contributed by atoms with Gasteiger partial charge < -0.3 is 14.6 Å². The average Bonchev–Trinajstić information content (AvgIpc) is 2.69. The predicted octanol–water partition coefficient (Wildman–Crippen LogP) is 4.94. The monoisotopic (exact) mass is 439 g/mol. The molecule has 0 saturated carbocycles. The van der Waals surface area contributed by atoms with Crippen LogP contribution in [0.3, 0.4) is 0 Å². The van der Waals surface area contributed by atoms with Crippen LogP contribution in [0.25, 0.3) is 5.70 Å². The van der Waals surface area contributed by atoms with Crippen LogP contribution in [-0.2, 0) is 20.8 Å². The molecule has 0 saturated heterocycles. The van der Waals surface area contributed by atoms with E-state index in [0.717, 1.165) is 5.56 Å². The van der Waals surface area contributed by atoms with Gasteiger partial charge in [0.2, 0.25) is 0 Å². The Morgan fingerprint density at radius 2 is 1.86 bits per heavy atom. The summed E-state index contributed by atoms with van der Waals surface area (Å²) in [6.45, 7) is 4.40. The summed E-state index contributed by atoms with van der Waals surface area (Å²) in [4.78, 5) is 16.5. The summed E-state index contributed by atoms with van der Waals surface area (Å²) in [5.74, 6) is -0.417. The summed E-state index contributed by atoms with van der Waals surface area (Å²) in [6.07, 6.45) is 0.886. The first-order chi connectivity index (χ1) is 13.9. The molecule has 2 N–H and O–H groups in total. The van der Waals surface area contributed by atoms with Crippen molar-refractivity contribution < 1.29 is 24.2 Å². The van der Waals surface area contributed by atoms with Crippen molar-refractivity contribution >= 4 is 34.9 Å². The van der Waals surface area contributed by atoms with Gasteiger partial charge in [0.15, 0.2) is 6.10 Å². The van der Waals surface area contributed by atoms with Crippen LogP contribution >= 0.6 is 23.2 Å². The fraction of sp³-hybridized carbons (Fsp3) is 0.286. The molecule has 6 nitrogen and oxygen atoms in total. The lowest BCUT2D eigenvalue weighted by Gasteiger charge is -2.13. The topological polar surface area (TPSA) is 77.0 Å². The highest BCUT2D eigenvalue weighted by atomic mass is 35.5. The Morgan fingerprint density at radius 1 is 1.14 bits per heavy atom. The van der Waals surface area contributed by atoms with Gasteiger partial charge in [0.25, 0.3) is 0 Å². The van der Waals surface area contributed by atoms with E-state index in [1.165, 1.54) is 6.26 Å². The van der Waals surface area contributed by atoms with E-state index in [1.807, 2.05) is 6.92 Å². The third kappa shape index (κ3) is 7.25. The van der Waals surface area contributed by atoms with Crippen molar-refractivity contribution in [3.63, 3.8) is 0 Å². The number of ether oxygens (including phenoxy) is 2. The molecule has 2 rings (SSSR count). The molecule has 0 aliphatic heterocycles. The van der Waals surface area contributed by atoms with Crippen LogP contribution in [0.15, 0.2) is 48.7 Å². The highest BCUT2D eigenvalue weighted by Crippen LogP contribution is 2.26. The van der Waals surface area contributed by atoms with Gasteiger partial charge in [-0.05, 0) is 49.7 Å². The van der Waals surface area contributed by atoms with Crippen molar-refractivity contribution in [1.82, 2.24) is 5.48 Å². The van der Waals surface area contributed by atoms with Gasteiger partial charge in [-0.15, -0.1) is 0 Å². The summed E-state index contributed by atoms with van der Waals surface area (Å²) >= 11 is 12.2. The molecule has 1 unspecified atom stereocenters. The third-order valence-corrected chi connectivity index (χ3v) is 4.40. The van der Waals surface area contributed by atoms with Gasteiger partial charge in [0.1, 0.15) is 17.7 Å². The molecule has 0 radical (unpaired) electrons. The van der Waals surface area contributed by atoms with Gasteiger partial charge in [-0.3, -0.25) is 10.3 Å². The highest BCUT2D eigenvalue weighted by molar-refractivity contribution is 6.35. The van der Waals surface area contributed by atoms with E-state index in [9.17, 15) is 9.90 Å². The molecule has 0 aliphatic rings. The minimum Gasteiger partial charge on any atom is -0.479 e. The van der Waals surface area contributed by atoms with E-state index in [1.54, 1.807) is 49.4 Å². The SMILES string of the molecule is CCONC(=COc1ccc(CC(OCC)C(=O)O)cc1)c1ccc(Cl)cc1Cl. The minimum absolute atomic E-state index is 0.275. The molecule has 0 heterocycles. The van der Waals surface area contributed by atoms with E-state index in [4.69, 9.17) is 37.5 Å². The molecule has 0 aromatic heterocycles. The molecular weight excluding hydrogens is 417 g/mol. The molecule has 0 bridgehead atoms. The molecule has 29 heavy (non-hydrogen) atoms. The minimum atomic E-state index is -0.985. The van der Waals surface area contributed by atoms with Gasteiger partial charge in [-0.25, -0.2) is 4.79 Å². The largest absolute Gasteiger partial charge is 0.479 e. The number of carboxylic acid groups (broad SMARTS) is 1. The normalized spacial score (nSPS) is 12.5. The van der Waals surface area contributed by atoms with Crippen LogP contribution in [0, 0.1) is 0 Å². The second-order valence-corrected chi connectivity index (χ2v) is 6.78. The van der Waals surface area contributed by atoms with Crippen molar-refractivity contribution in [3.8, 4) is 5.75 Å². The molecule has 0 fully saturated rings. The van der Waals surface area contributed by atoms with Crippen molar-refractivity contribution in [1.29, 1.82) is 0 Å². The van der Waals surface area contributed by atoms with Crippen LogP contribution in [-0.4, -0.2) is 30.4 Å². The molecule has 0 spiro atoms. The van der Waals surface area contributed by atoms with E-state index in [-0.39, 0.29) is 6.42 Å². The van der Waals surface area contributed by atoms with Crippen molar-refractivity contribution in [3.05, 3.63) is 69.9 Å². The second-order valence-electron chi connectivity index (χ2n) is 5.94. The first-order valence-corrected chi connectivity index (χ1v) is 9.83. The summed E-state index contributed by atoms with van der Waals surface area (Å²) in [7, 11) is 0. The molecule has 1 atom stereocenters. The summed E-state index contributed by atoms with van der Waals surface area (Å²) < 4.78 is 11.0. The van der Waals surface area contributed by atoms with Crippen LogP contribution in [0.5, 0.6) is 5.75 Å². The fourth-order valence-corrected chi connectivity index (χ4v) is 2.97. The number of rotatable bonds is 11. The summed E-state index contributed by atoms with van der Waals surface area (Å²) in [6, 6.07) is 12.2. The van der Waals surface area contributed by atoms with Crippen molar-refractivity contribution in [2.75, 3.05) is 13.2 Å². The second kappa shape index (κ2) is 11.7. The molecule has 156 valence electrons. The maximum Gasteiger partial charge on any atom is 0.333 e. The molecule has 8 heteroatoms. The zero-order chi connectivity index (χ0) is 21.2. The molecular formula is C21H23Cl2NO5. The number of hydroxylamine groups is 1. The van der Waals surface area contributed by atoms with E-state index in [2.05, 4.69) is 5.48 Å². The zero-order valence-corrected chi connectivity index (χ0v) is 17.7. The number of halogens is 2. The van der Waals surface area contributed by atoms with E-state index >= 15 is 0 Å². The lowest BCUT2D eigenvalue weighted by Crippen LogP contribution is -2.26. The number of hydrogen-bond donors (Lipinski definition) is 2.